The highest BCUT2D eigenvalue weighted by Crippen LogP contribution is 2.35. The van der Waals surface area contributed by atoms with Crippen LogP contribution in [0.15, 0.2) is 24.8 Å². The van der Waals surface area contributed by atoms with Crippen LogP contribution >= 0.6 is 34.8 Å². The van der Waals surface area contributed by atoms with Gasteiger partial charge in [0, 0.05) is 16.6 Å². The molecule has 1 aromatic carbocycles. The summed E-state index contributed by atoms with van der Waals surface area (Å²) in [5.41, 5.74) is 6.56. The summed E-state index contributed by atoms with van der Waals surface area (Å²) in [6.45, 7) is 3.61. The standard InChI is InChI=1S/C10H10Cl3N/c1-2-3-8(14)9-6(11)4-5-7(12)10(9)13/h2,4-5,8H,1,3,14H2. The third-order valence-corrected chi connectivity index (χ3v) is 3.02. The largest absolute Gasteiger partial charge is 0.324 e. The maximum atomic E-state index is 6.00. The van der Waals surface area contributed by atoms with Crippen LogP contribution < -0.4 is 5.73 Å². The van der Waals surface area contributed by atoms with Crippen LogP contribution in [0.25, 0.3) is 0 Å². The van der Waals surface area contributed by atoms with Crippen LogP contribution in [0.1, 0.15) is 18.0 Å². The van der Waals surface area contributed by atoms with Gasteiger partial charge in [0.05, 0.1) is 10.0 Å². The summed E-state index contributed by atoms with van der Waals surface area (Å²) in [6, 6.07) is 3.08. The summed E-state index contributed by atoms with van der Waals surface area (Å²) in [5.74, 6) is 0. The topological polar surface area (TPSA) is 26.0 Å². The molecule has 4 heteroatoms. The highest BCUT2D eigenvalue weighted by molar-refractivity contribution is 6.44. The molecule has 0 aliphatic carbocycles. The fourth-order valence-electron chi connectivity index (χ4n) is 1.18. The van der Waals surface area contributed by atoms with Crippen molar-refractivity contribution in [3.05, 3.63) is 45.4 Å². The van der Waals surface area contributed by atoms with Crippen molar-refractivity contribution in [2.24, 2.45) is 5.73 Å². The number of rotatable bonds is 3. The predicted molar refractivity (Wildman–Crippen MR) is 63.2 cm³/mol. The number of hydrogen-bond donors (Lipinski definition) is 1. The van der Waals surface area contributed by atoms with Crippen LogP contribution in [0.4, 0.5) is 0 Å². The van der Waals surface area contributed by atoms with E-state index < -0.39 is 0 Å². The molecular weight excluding hydrogens is 240 g/mol. The predicted octanol–water partition coefficient (Wildman–Crippen LogP) is 4.22. The van der Waals surface area contributed by atoms with Gasteiger partial charge in [0.15, 0.2) is 0 Å². The maximum absolute atomic E-state index is 6.00. The zero-order valence-electron chi connectivity index (χ0n) is 7.43. The van der Waals surface area contributed by atoms with Gasteiger partial charge in [-0.1, -0.05) is 40.9 Å². The molecule has 2 N–H and O–H groups in total. The molecule has 1 rings (SSSR count). The zero-order chi connectivity index (χ0) is 10.7. The summed E-state index contributed by atoms with van der Waals surface area (Å²) in [4.78, 5) is 0. The zero-order valence-corrected chi connectivity index (χ0v) is 9.70. The molecule has 0 fully saturated rings. The minimum Gasteiger partial charge on any atom is -0.324 e. The first-order valence-corrected chi connectivity index (χ1v) is 5.21. The van der Waals surface area contributed by atoms with E-state index in [0.29, 0.717) is 27.1 Å². The van der Waals surface area contributed by atoms with Crippen molar-refractivity contribution >= 4 is 34.8 Å². The van der Waals surface area contributed by atoms with Crippen molar-refractivity contribution in [3.63, 3.8) is 0 Å². The Morgan fingerprint density at radius 1 is 1.29 bits per heavy atom. The summed E-state index contributed by atoms with van der Waals surface area (Å²) in [6.07, 6.45) is 2.33. The van der Waals surface area contributed by atoms with Crippen LogP contribution in [0.3, 0.4) is 0 Å². The van der Waals surface area contributed by atoms with E-state index in [1.54, 1.807) is 18.2 Å². The van der Waals surface area contributed by atoms with Gasteiger partial charge in [0.1, 0.15) is 0 Å². The molecule has 1 nitrogen and oxygen atoms in total. The van der Waals surface area contributed by atoms with E-state index in [9.17, 15) is 0 Å². The second-order valence-corrected chi connectivity index (χ2v) is 4.08. The maximum Gasteiger partial charge on any atom is 0.0655 e. The molecule has 14 heavy (non-hydrogen) atoms. The molecule has 0 aliphatic heterocycles. The molecule has 0 saturated heterocycles. The first-order chi connectivity index (χ1) is 6.57. The van der Waals surface area contributed by atoms with Crippen molar-refractivity contribution in [2.45, 2.75) is 12.5 Å². The van der Waals surface area contributed by atoms with Gasteiger partial charge < -0.3 is 5.73 Å². The Balaban J connectivity index is 3.17. The molecule has 0 saturated carbocycles. The molecule has 0 aromatic heterocycles. The molecule has 0 heterocycles. The van der Waals surface area contributed by atoms with Crippen molar-refractivity contribution < 1.29 is 0 Å². The SMILES string of the molecule is C=CCC(N)c1c(Cl)ccc(Cl)c1Cl. The molecule has 0 aliphatic rings. The molecule has 0 radical (unpaired) electrons. The highest BCUT2D eigenvalue weighted by Gasteiger charge is 2.15. The molecule has 0 spiro atoms. The number of hydrogen-bond acceptors (Lipinski definition) is 1. The number of benzene rings is 1. The molecule has 1 unspecified atom stereocenters. The van der Waals surface area contributed by atoms with Gasteiger partial charge in [-0.05, 0) is 18.6 Å². The van der Waals surface area contributed by atoms with Gasteiger partial charge in [-0.2, -0.15) is 0 Å². The Morgan fingerprint density at radius 2 is 1.86 bits per heavy atom. The van der Waals surface area contributed by atoms with Gasteiger partial charge in [-0.25, -0.2) is 0 Å². The van der Waals surface area contributed by atoms with Crippen molar-refractivity contribution in [3.8, 4) is 0 Å². The van der Waals surface area contributed by atoms with Crippen molar-refractivity contribution in [1.29, 1.82) is 0 Å². The van der Waals surface area contributed by atoms with E-state index in [-0.39, 0.29) is 6.04 Å². The molecule has 0 amide bonds. The van der Waals surface area contributed by atoms with Crippen LogP contribution in [0.5, 0.6) is 0 Å². The van der Waals surface area contributed by atoms with Gasteiger partial charge in [0.25, 0.3) is 0 Å². The minimum atomic E-state index is -0.258. The lowest BCUT2D eigenvalue weighted by Gasteiger charge is -2.14. The Bertz CT molecular complexity index is 349. The normalized spacial score (nSPS) is 12.6. The average molecular weight is 251 g/mol. The number of halogens is 3. The van der Waals surface area contributed by atoms with Crippen LogP contribution in [0, 0.1) is 0 Å². The number of nitrogens with two attached hydrogens (primary N) is 1. The van der Waals surface area contributed by atoms with Crippen LogP contribution in [-0.2, 0) is 0 Å². The third kappa shape index (κ3) is 2.43. The fraction of sp³-hybridized carbons (Fsp3) is 0.200. The lowest BCUT2D eigenvalue weighted by Crippen LogP contribution is -2.10. The second kappa shape index (κ2) is 5.04. The molecule has 1 aromatic rings. The average Bonchev–Trinajstić information content (AvgIpc) is 2.13. The van der Waals surface area contributed by atoms with Gasteiger partial charge in [-0.3, -0.25) is 0 Å². The smallest absolute Gasteiger partial charge is 0.0655 e. The minimum absolute atomic E-state index is 0.258. The Hall–Kier alpha value is -0.210. The Labute approximate surface area is 98.5 Å². The van der Waals surface area contributed by atoms with Gasteiger partial charge >= 0.3 is 0 Å². The van der Waals surface area contributed by atoms with Gasteiger partial charge in [-0.15, -0.1) is 6.58 Å². The van der Waals surface area contributed by atoms with E-state index in [0.717, 1.165) is 0 Å². The van der Waals surface area contributed by atoms with Crippen LogP contribution in [-0.4, -0.2) is 0 Å². The third-order valence-electron chi connectivity index (χ3n) is 1.87. The van der Waals surface area contributed by atoms with E-state index >= 15 is 0 Å². The van der Waals surface area contributed by atoms with E-state index in [1.807, 2.05) is 0 Å². The molecule has 0 bridgehead atoms. The van der Waals surface area contributed by atoms with Crippen LogP contribution in [0.2, 0.25) is 15.1 Å². The summed E-state index contributed by atoms with van der Waals surface area (Å²) >= 11 is 17.8. The molecule has 76 valence electrons. The Kier molecular flexibility index (Phi) is 4.27. The molecule has 1 atom stereocenters. The lowest BCUT2D eigenvalue weighted by atomic mass is 10.0. The summed E-state index contributed by atoms with van der Waals surface area (Å²) in [7, 11) is 0. The van der Waals surface area contributed by atoms with E-state index in [1.165, 1.54) is 0 Å². The quantitative estimate of drug-likeness (QED) is 0.631. The second-order valence-electron chi connectivity index (χ2n) is 2.89. The van der Waals surface area contributed by atoms with Gasteiger partial charge in [0.2, 0.25) is 0 Å². The molecular formula is C10H10Cl3N. The summed E-state index contributed by atoms with van der Waals surface area (Å²) < 4.78 is 0. The fourth-order valence-corrected chi connectivity index (χ4v) is 2.00. The first-order valence-electron chi connectivity index (χ1n) is 4.07. The monoisotopic (exact) mass is 249 g/mol. The lowest BCUT2D eigenvalue weighted by molar-refractivity contribution is 0.742. The summed E-state index contributed by atoms with van der Waals surface area (Å²) in [5, 5.41) is 1.42. The van der Waals surface area contributed by atoms with E-state index in [2.05, 4.69) is 6.58 Å². The Morgan fingerprint density at radius 3 is 2.43 bits per heavy atom. The first kappa shape index (κ1) is 11.9. The van der Waals surface area contributed by atoms with E-state index in [4.69, 9.17) is 40.5 Å². The van der Waals surface area contributed by atoms with Crippen molar-refractivity contribution in [1.82, 2.24) is 0 Å². The van der Waals surface area contributed by atoms with Crippen molar-refractivity contribution in [2.75, 3.05) is 0 Å². The highest BCUT2D eigenvalue weighted by atomic mass is 35.5.